The number of phenols is 1. The average molecular weight is 430 g/mol. The molecule has 0 aromatic heterocycles. The number of carbonyl (C=O) groups is 1. The molecule has 4 rings (SSSR count). The largest absolute Gasteiger partial charge is 0.508 e. The first kappa shape index (κ1) is 21.2. The van der Waals surface area contributed by atoms with Gasteiger partial charge in [-0.3, -0.25) is 4.79 Å². The van der Waals surface area contributed by atoms with Crippen molar-refractivity contribution in [3.05, 3.63) is 64.2 Å². The highest BCUT2D eigenvalue weighted by molar-refractivity contribution is 6.31. The molecule has 0 aliphatic carbocycles. The summed E-state index contributed by atoms with van der Waals surface area (Å²) in [6.07, 6.45) is 1.97. The van der Waals surface area contributed by atoms with Crippen molar-refractivity contribution in [3.63, 3.8) is 0 Å². The number of carboxylic acids is 1. The smallest absolute Gasteiger partial charge is 0.308 e. The molecule has 2 heterocycles. The lowest BCUT2D eigenvalue weighted by molar-refractivity contribution is -0.152. The number of rotatable bonds is 5. The summed E-state index contributed by atoms with van der Waals surface area (Å²) in [6, 6.07) is 13.1. The van der Waals surface area contributed by atoms with Crippen LogP contribution in [0.3, 0.4) is 0 Å². The van der Waals surface area contributed by atoms with Gasteiger partial charge >= 0.3 is 5.97 Å². The number of phenolic OH excluding ortho intramolecular Hbond substituents is 1. The van der Waals surface area contributed by atoms with E-state index >= 15 is 0 Å². The molecule has 1 fully saturated rings. The van der Waals surface area contributed by atoms with E-state index in [2.05, 4.69) is 43.0 Å². The van der Waals surface area contributed by atoms with Crippen LogP contribution in [-0.2, 0) is 27.2 Å². The number of carboxylic acid groups (broad SMARTS) is 1. The van der Waals surface area contributed by atoms with E-state index in [1.54, 1.807) is 12.1 Å². The van der Waals surface area contributed by atoms with Gasteiger partial charge in [-0.2, -0.15) is 0 Å². The van der Waals surface area contributed by atoms with Crippen LogP contribution in [0.2, 0.25) is 5.02 Å². The third-order valence-electron chi connectivity index (χ3n) is 6.50. The Bertz CT molecular complexity index is 950. The van der Waals surface area contributed by atoms with Crippen LogP contribution in [0.5, 0.6) is 5.75 Å². The van der Waals surface area contributed by atoms with Crippen LogP contribution in [0.15, 0.2) is 42.5 Å². The summed E-state index contributed by atoms with van der Waals surface area (Å²) in [5.41, 5.74) is 2.59. The zero-order chi connectivity index (χ0) is 21.5. The molecule has 2 aliphatic rings. The van der Waals surface area contributed by atoms with E-state index in [1.807, 2.05) is 0 Å². The van der Waals surface area contributed by atoms with Crippen molar-refractivity contribution >= 4 is 17.6 Å². The van der Waals surface area contributed by atoms with Gasteiger partial charge in [-0.25, -0.2) is 0 Å². The highest BCUT2D eigenvalue weighted by Gasteiger charge is 2.49. The third kappa shape index (κ3) is 3.94. The molecule has 2 aliphatic heterocycles. The molecule has 30 heavy (non-hydrogen) atoms. The standard InChI is InChI=1S/C24H28ClNO4/c1-23(2)19-5-3-4-6-20(19)24(30-23)9-11-26(12-10-24)15-17(22(28)29)13-16-14-18(27)7-8-21(16)25/h3-8,14,17,27H,9-13,15H2,1-2H3,(H,28,29). The van der Waals surface area contributed by atoms with Crippen LogP contribution in [-0.4, -0.2) is 40.7 Å². The Labute approximate surface area is 182 Å². The number of aromatic hydroxyl groups is 1. The van der Waals surface area contributed by atoms with E-state index in [0.717, 1.165) is 25.9 Å². The lowest BCUT2D eigenvalue weighted by Gasteiger charge is -2.41. The highest BCUT2D eigenvalue weighted by atomic mass is 35.5. The van der Waals surface area contributed by atoms with Gasteiger partial charge in [-0.05, 0) is 68.0 Å². The number of aliphatic carboxylic acids is 1. The van der Waals surface area contributed by atoms with Gasteiger partial charge in [-0.15, -0.1) is 0 Å². The predicted molar refractivity (Wildman–Crippen MR) is 116 cm³/mol. The van der Waals surface area contributed by atoms with Crippen LogP contribution < -0.4 is 0 Å². The summed E-state index contributed by atoms with van der Waals surface area (Å²) in [6.45, 7) is 6.24. The molecule has 160 valence electrons. The number of piperidine rings is 1. The second-order valence-corrected chi connectivity index (χ2v) is 9.38. The van der Waals surface area contributed by atoms with Gasteiger partial charge in [0.05, 0.1) is 17.1 Å². The normalized spacial score (nSPS) is 20.8. The number of hydrogen-bond donors (Lipinski definition) is 2. The fourth-order valence-corrected chi connectivity index (χ4v) is 5.19. The van der Waals surface area contributed by atoms with Crippen molar-refractivity contribution in [1.29, 1.82) is 0 Å². The summed E-state index contributed by atoms with van der Waals surface area (Å²) in [4.78, 5) is 14.1. The number of hydrogen-bond acceptors (Lipinski definition) is 4. The monoisotopic (exact) mass is 429 g/mol. The van der Waals surface area contributed by atoms with Gasteiger partial charge in [0.2, 0.25) is 0 Å². The zero-order valence-electron chi connectivity index (χ0n) is 17.4. The minimum atomic E-state index is -0.849. The predicted octanol–water partition coefficient (Wildman–Crippen LogP) is 4.55. The van der Waals surface area contributed by atoms with E-state index in [0.29, 0.717) is 17.1 Å². The summed E-state index contributed by atoms with van der Waals surface area (Å²) >= 11 is 6.21. The SMILES string of the molecule is CC1(C)OC2(CCN(CC(Cc3cc(O)ccc3Cl)C(=O)O)CC2)c2ccccc21. The Hall–Kier alpha value is -2.08. The molecular formula is C24H28ClNO4. The van der Waals surface area contributed by atoms with E-state index in [-0.39, 0.29) is 23.4 Å². The molecule has 6 heteroatoms. The summed E-state index contributed by atoms with van der Waals surface area (Å²) < 4.78 is 6.58. The van der Waals surface area contributed by atoms with Crippen molar-refractivity contribution < 1.29 is 19.7 Å². The Kier molecular flexibility index (Phi) is 5.56. The fraction of sp³-hybridized carbons (Fsp3) is 0.458. The van der Waals surface area contributed by atoms with Crippen molar-refractivity contribution in [2.75, 3.05) is 19.6 Å². The molecular weight excluding hydrogens is 402 g/mol. The summed E-state index contributed by atoms with van der Waals surface area (Å²) in [5.74, 6) is -1.34. The molecule has 1 spiro atoms. The number of ether oxygens (including phenoxy) is 1. The molecule has 0 saturated carbocycles. The number of nitrogens with zero attached hydrogens (tertiary/aromatic N) is 1. The maximum absolute atomic E-state index is 11.9. The number of halogens is 1. The first-order valence-corrected chi connectivity index (χ1v) is 10.8. The van der Waals surface area contributed by atoms with E-state index in [9.17, 15) is 15.0 Å². The maximum Gasteiger partial charge on any atom is 0.308 e. The first-order valence-electron chi connectivity index (χ1n) is 10.4. The van der Waals surface area contributed by atoms with Crippen LogP contribution in [0.4, 0.5) is 0 Å². The van der Waals surface area contributed by atoms with E-state index < -0.39 is 11.9 Å². The summed E-state index contributed by atoms with van der Waals surface area (Å²) in [7, 11) is 0. The zero-order valence-corrected chi connectivity index (χ0v) is 18.2. The van der Waals surface area contributed by atoms with Gasteiger partial charge in [0.25, 0.3) is 0 Å². The highest BCUT2D eigenvalue weighted by Crippen LogP contribution is 2.51. The average Bonchev–Trinajstić information content (AvgIpc) is 2.93. The molecule has 1 saturated heterocycles. The molecule has 1 atom stereocenters. The molecule has 0 amide bonds. The second-order valence-electron chi connectivity index (χ2n) is 8.97. The van der Waals surface area contributed by atoms with Crippen molar-refractivity contribution in [2.45, 2.75) is 44.3 Å². The minimum Gasteiger partial charge on any atom is -0.508 e. The van der Waals surface area contributed by atoms with Crippen molar-refractivity contribution in [1.82, 2.24) is 4.90 Å². The molecule has 2 aromatic carbocycles. The fourth-order valence-electron chi connectivity index (χ4n) is 5.00. The van der Waals surface area contributed by atoms with Crippen LogP contribution >= 0.6 is 11.6 Å². The second kappa shape index (κ2) is 7.88. The lowest BCUT2D eigenvalue weighted by atomic mass is 9.82. The van der Waals surface area contributed by atoms with Gasteiger partial charge in [0.15, 0.2) is 0 Å². The Morgan fingerprint density at radius 3 is 2.50 bits per heavy atom. The molecule has 1 unspecified atom stereocenters. The minimum absolute atomic E-state index is 0.0955. The van der Waals surface area contributed by atoms with Gasteiger partial charge < -0.3 is 19.8 Å². The number of fused-ring (bicyclic) bond motifs is 2. The Morgan fingerprint density at radius 1 is 1.17 bits per heavy atom. The topological polar surface area (TPSA) is 70.0 Å². The Balaban J connectivity index is 1.45. The molecule has 5 nitrogen and oxygen atoms in total. The van der Waals surface area contributed by atoms with Crippen LogP contribution in [0, 0.1) is 5.92 Å². The quantitative estimate of drug-likeness (QED) is 0.729. The molecule has 0 radical (unpaired) electrons. The molecule has 2 aromatic rings. The summed E-state index contributed by atoms with van der Waals surface area (Å²) in [5, 5.41) is 20.0. The van der Waals surface area contributed by atoms with Crippen molar-refractivity contribution in [3.8, 4) is 5.75 Å². The number of likely N-dealkylation sites (tertiary alicyclic amines) is 1. The maximum atomic E-state index is 11.9. The molecule has 2 N–H and O–H groups in total. The van der Waals surface area contributed by atoms with Crippen LogP contribution in [0.25, 0.3) is 0 Å². The van der Waals surface area contributed by atoms with Gasteiger partial charge in [0, 0.05) is 24.7 Å². The van der Waals surface area contributed by atoms with Crippen LogP contribution in [0.1, 0.15) is 43.4 Å². The third-order valence-corrected chi connectivity index (χ3v) is 6.87. The van der Waals surface area contributed by atoms with Crippen molar-refractivity contribution in [2.24, 2.45) is 5.92 Å². The van der Waals surface area contributed by atoms with E-state index in [1.165, 1.54) is 17.2 Å². The van der Waals surface area contributed by atoms with Gasteiger partial charge in [0.1, 0.15) is 5.75 Å². The molecule has 0 bridgehead atoms. The van der Waals surface area contributed by atoms with E-state index in [4.69, 9.17) is 16.3 Å². The lowest BCUT2D eigenvalue weighted by Crippen LogP contribution is -2.46. The first-order chi connectivity index (χ1) is 14.2. The van der Waals surface area contributed by atoms with Gasteiger partial charge in [-0.1, -0.05) is 35.9 Å². The Morgan fingerprint density at radius 2 is 1.83 bits per heavy atom. The number of benzene rings is 2.